The smallest absolute Gasteiger partial charge is 0.119 e. The summed E-state index contributed by atoms with van der Waals surface area (Å²) >= 11 is 0. The van der Waals surface area contributed by atoms with E-state index in [-0.39, 0.29) is 0 Å². The predicted molar refractivity (Wildman–Crippen MR) is 55.9 cm³/mol. The fraction of sp³-hybridized carbons (Fsp3) is 0.333. The van der Waals surface area contributed by atoms with Crippen molar-refractivity contribution in [2.45, 2.75) is 13.3 Å². The summed E-state index contributed by atoms with van der Waals surface area (Å²) < 4.78 is 5.53. The van der Waals surface area contributed by atoms with Crippen LogP contribution in [0.5, 0.6) is 5.75 Å². The van der Waals surface area contributed by atoms with E-state index in [4.69, 9.17) is 4.74 Å². The first kappa shape index (κ1) is 9.85. The molecule has 0 fully saturated rings. The molecule has 1 atom stereocenters. The fourth-order valence-electron chi connectivity index (χ4n) is 0.997. The van der Waals surface area contributed by atoms with Crippen molar-refractivity contribution in [3.8, 4) is 5.75 Å². The fourth-order valence-corrected chi connectivity index (χ4v) is 0.997. The van der Waals surface area contributed by atoms with E-state index in [1.54, 1.807) is 0 Å². The topological polar surface area (TPSA) is 9.23 Å². The maximum Gasteiger partial charge on any atom is 0.119 e. The Bertz CT molecular complexity index is 241. The van der Waals surface area contributed by atoms with Crippen LogP contribution < -0.4 is 4.74 Å². The average Bonchev–Trinajstić information content (AvgIpc) is 2.19. The lowest BCUT2D eigenvalue weighted by Gasteiger charge is -2.07. The lowest BCUT2D eigenvalue weighted by molar-refractivity contribution is 0.296. The van der Waals surface area contributed by atoms with Gasteiger partial charge in [-0.2, -0.15) is 0 Å². The van der Waals surface area contributed by atoms with Gasteiger partial charge >= 0.3 is 0 Å². The van der Waals surface area contributed by atoms with Crippen molar-refractivity contribution in [1.82, 2.24) is 0 Å². The highest BCUT2D eigenvalue weighted by molar-refractivity contribution is 5.20. The van der Waals surface area contributed by atoms with E-state index >= 15 is 0 Å². The summed E-state index contributed by atoms with van der Waals surface area (Å²) in [6.45, 7) is 6.63. The minimum atomic E-state index is 0.531. The molecule has 0 N–H and O–H groups in total. The molecule has 0 aromatic heterocycles. The van der Waals surface area contributed by atoms with E-state index in [1.807, 2.05) is 36.4 Å². The summed E-state index contributed by atoms with van der Waals surface area (Å²) in [5.41, 5.74) is 0. The van der Waals surface area contributed by atoms with Gasteiger partial charge in [0.25, 0.3) is 0 Å². The van der Waals surface area contributed by atoms with Gasteiger partial charge in [-0.3, -0.25) is 0 Å². The van der Waals surface area contributed by atoms with Crippen molar-refractivity contribution in [3.05, 3.63) is 43.0 Å². The first-order valence-corrected chi connectivity index (χ1v) is 4.63. The Balaban J connectivity index is 2.24. The van der Waals surface area contributed by atoms with Gasteiger partial charge in [-0.05, 0) is 24.5 Å². The Morgan fingerprint density at radius 3 is 2.69 bits per heavy atom. The van der Waals surface area contributed by atoms with Gasteiger partial charge in [0.05, 0.1) is 6.61 Å². The molecule has 1 nitrogen and oxygen atoms in total. The molecule has 13 heavy (non-hydrogen) atoms. The SMILES string of the molecule is C=CC(C)CCOc1ccccc1. The molecule has 1 unspecified atom stereocenters. The molecule has 70 valence electrons. The summed E-state index contributed by atoms with van der Waals surface area (Å²) in [5.74, 6) is 1.47. The molecule has 0 amide bonds. The lowest BCUT2D eigenvalue weighted by Crippen LogP contribution is -2.01. The van der Waals surface area contributed by atoms with Crippen LogP contribution in [0.2, 0.25) is 0 Å². The molecule has 0 saturated heterocycles. The van der Waals surface area contributed by atoms with Gasteiger partial charge in [0.2, 0.25) is 0 Å². The van der Waals surface area contributed by atoms with Gasteiger partial charge in [0, 0.05) is 0 Å². The highest BCUT2D eigenvalue weighted by atomic mass is 16.5. The molecule has 0 bridgehead atoms. The molecule has 0 aliphatic carbocycles. The van der Waals surface area contributed by atoms with Crippen LogP contribution in [0.1, 0.15) is 13.3 Å². The molecule has 1 aromatic carbocycles. The zero-order valence-electron chi connectivity index (χ0n) is 8.07. The van der Waals surface area contributed by atoms with Crippen molar-refractivity contribution in [3.63, 3.8) is 0 Å². The standard InChI is InChI=1S/C12H16O/c1-3-11(2)9-10-13-12-7-5-4-6-8-12/h3-8,11H,1,9-10H2,2H3. The number of benzene rings is 1. The van der Waals surface area contributed by atoms with Crippen molar-refractivity contribution in [2.24, 2.45) is 5.92 Å². The second kappa shape index (κ2) is 5.41. The maximum absolute atomic E-state index is 5.53. The maximum atomic E-state index is 5.53. The quantitative estimate of drug-likeness (QED) is 0.625. The molecule has 0 heterocycles. The summed E-state index contributed by atoms with van der Waals surface area (Å²) in [4.78, 5) is 0. The van der Waals surface area contributed by atoms with E-state index in [0.717, 1.165) is 18.8 Å². The zero-order chi connectivity index (χ0) is 9.52. The second-order valence-corrected chi connectivity index (χ2v) is 3.16. The largest absolute Gasteiger partial charge is 0.494 e. The average molecular weight is 176 g/mol. The van der Waals surface area contributed by atoms with Crippen LogP contribution in [0.4, 0.5) is 0 Å². The molecule has 0 saturated carbocycles. The van der Waals surface area contributed by atoms with Crippen LogP contribution in [0.15, 0.2) is 43.0 Å². The Kier molecular flexibility index (Phi) is 4.10. The van der Waals surface area contributed by atoms with Gasteiger partial charge in [0.1, 0.15) is 5.75 Å². The molecule has 0 aliphatic rings. The number of allylic oxidation sites excluding steroid dienone is 1. The second-order valence-electron chi connectivity index (χ2n) is 3.16. The molecular weight excluding hydrogens is 160 g/mol. The van der Waals surface area contributed by atoms with Crippen LogP contribution >= 0.6 is 0 Å². The van der Waals surface area contributed by atoms with Crippen LogP contribution in [0.3, 0.4) is 0 Å². The van der Waals surface area contributed by atoms with Crippen molar-refractivity contribution in [1.29, 1.82) is 0 Å². The zero-order valence-corrected chi connectivity index (χ0v) is 8.07. The van der Waals surface area contributed by atoms with Gasteiger partial charge in [-0.1, -0.05) is 31.2 Å². The highest BCUT2D eigenvalue weighted by Crippen LogP contribution is 2.10. The molecular formula is C12H16O. The predicted octanol–water partition coefficient (Wildman–Crippen LogP) is 3.28. The van der Waals surface area contributed by atoms with E-state index in [2.05, 4.69) is 13.5 Å². The molecule has 1 rings (SSSR count). The summed E-state index contributed by atoms with van der Waals surface area (Å²) in [5, 5.41) is 0. The highest BCUT2D eigenvalue weighted by Gasteiger charge is 1.96. The Hall–Kier alpha value is -1.24. The Morgan fingerprint density at radius 1 is 1.38 bits per heavy atom. The first-order valence-electron chi connectivity index (χ1n) is 4.63. The molecule has 1 aromatic rings. The molecule has 0 spiro atoms. The third kappa shape index (κ3) is 3.79. The van der Waals surface area contributed by atoms with E-state index in [1.165, 1.54) is 0 Å². The van der Waals surface area contributed by atoms with Crippen molar-refractivity contribution in [2.75, 3.05) is 6.61 Å². The number of hydrogen-bond donors (Lipinski definition) is 0. The minimum absolute atomic E-state index is 0.531. The monoisotopic (exact) mass is 176 g/mol. The van der Waals surface area contributed by atoms with E-state index in [0.29, 0.717) is 5.92 Å². The van der Waals surface area contributed by atoms with E-state index < -0.39 is 0 Å². The Morgan fingerprint density at radius 2 is 2.08 bits per heavy atom. The summed E-state index contributed by atoms with van der Waals surface area (Å²) in [6, 6.07) is 9.88. The number of rotatable bonds is 5. The molecule has 0 aliphatic heterocycles. The number of para-hydroxylation sites is 1. The molecule has 0 radical (unpaired) electrons. The summed E-state index contributed by atoms with van der Waals surface area (Å²) in [7, 11) is 0. The van der Waals surface area contributed by atoms with Crippen molar-refractivity contribution >= 4 is 0 Å². The van der Waals surface area contributed by atoms with Crippen LogP contribution in [0.25, 0.3) is 0 Å². The van der Waals surface area contributed by atoms with Gasteiger partial charge < -0.3 is 4.74 Å². The minimum Gasteiger partial charge on any atom is -0.494 e. The van der Waals surface area contributed by atoms with Crippen LogP contribution in [-0.4, -0.2) is 6.61 Å². The van der Waals surface area contributed by atoms with Crippen LogP contribution in [0, 0.1) is 5.92 Å². The van der Waals surface area contributed by atoms with E-state index in [9.17, 15) is 0 Å². The van der Waals surface area contributed by atoms with Gasteiger partial charge in [-0.15, -0.1) is 6.58 Å². The van der Waals surface area contributed by atoms with Gasteiger partial charge in [0.15, 0.2) is 0 Å². The molecule has 1 heteroatoms. The third-order valence-electron chi connectivity index (χ3n) is 1.99. The lowest BCUT2D eigenvalue weighted by atomic mass is 10.1. The Labute approximate surface area is 80.0 Å². The normalized spacial score (nSPS) is 12.1. The third-order valence-corrected chi connectivity index (χ3v) is 1.99. The van der Waals surface area contributed by atoms with Crippen LogP contribution in [-0.2, 0) is 0 Å². The van der Waals surface area contributed by atoms with Gasteiger partial charge in [-0.25, -0.2) is 0 Å². The number of ether oxygens (including phenoxy) is 1. The number of hydrogen-bond acceptors (Lipinski definition) is 1. The summed E-state index contributed by atoms with van der Waals surface area (Å²) in [6.07, 6.45) is 2.98. The first-order chi connectivity index (χ1) is 6.33. The van der Waals surface area contributed by atoms with Crippen molar-refractivity contribution < 1.29 is 4.74 Å².